The van der Waals surface area contributed by atoms with E-state index in [1.54, 1.807) is 48.5 Å². The molecule has 33 heavy (non-hydrogen) atoms. The molecule has 0 spiro atoms. The predicted octanol–water partition coefficient (Wildman–Crippen LogP) is 0.796. The van der Waals surface area contributed by atoms with Gasteiger partial charge in [-0.2, -0.15) is 9.67 Å². The number of fused-ring (bicyclic) bond motifs is 1. The van der Waals surface area contributed by atoms with E-state index in [9.17, 15) is 14.4 Å². The first-order valence-corrected chi connectivity index (χ1v) is 9.72. The third kappa shape index (κ3) is 5.07. The van der Waals surface area contributed by atoms with Gasteiger partial charge in [0.2, 0.25) is 11.9 Å². The number of nitrogens with two attached hydrogens (primary N) is 1. The Morgan fingerprint density at radius 1 is 1.09 bits per heavy atom. The van der Waals surface area contributed by atoms with Crippen LogP contribution in [0.2, 0.25) is 0 Å². The molecule has 0 unspecified atom stereocenters. The average Bonchev–Trinajstić information content (AvgIpc) is 3.20. The van der Waals surface area contributed by atoms with Crippen molar-refractivity contribution in [3.05, 3.63) is 65.9 Å². The van der Waals surface area contributed by atoms with Gasteiger partial charge in [-0.1, -0.05) is 23.4 Å². The van der Waals surface area contributed by atoms with Crippen molar-refractivity contribution in [3.63, 3.8) is 0 Å². The number of carboxylic acid groups (broad SMARTS) is 1. The Morgan fingerprint density at radius 3 is 2.70 bits per heavy atom. The van der Waals surface area contributed by atoms with Crippen LogP contribution in [-0.4, -0.2) is 54.4 Å². The summed E-state index contributed by atoms with van der Waals surface area (Å²) in [6, 6.07) is 13.5. The Kier molecular flexibility index (Phi) is 5.89. The Labute approximate surface area is 186 Å². The van der Waals surface area contributed by atoms with E-state index in [1.807, 2.05) is 0 Å². The summed E-state index contributed by atoms with van der Waals surface area (Å²) in [5.41, 5.74) is 8.00. The number of nitrogens with one attached hydrogen (secondary N) is 2. The smallest absolute Gasteiger partial charge is 0.307 e. The van der Waals surface area contributed by atoms with E-state index < -0.39 is 17.8 Å². The summed E-state index contributed by atoms with van der Waals surface area (Å²) in [5, 5.41) is 22.6. The normalized spacial score (nSPS) is 10.7. The maximum atomic E-state index is 12.2. The average molecular weight is 446 g/mol. The molecular formula is C21H18N8O4. The van der Waals surface area contributed by atoms with Crippen molar-refractivity contribution in [1.29, 1.82) is 0 Å². The second-order valence-electron chi connectivity index (χ2n) is 7.00. The van der Waals surface area contributed by atoms with Crippen molar-refractivity contribution in [2.45, 2.75) is 6.42 Å². The van der Waals surface area contributed by atoms with E-state index in [2.05, 4.69) is 30.9 Å². The number of carboxylic acids is 1. The minimum absolute atomic E-state index is 0.119. The summed E-state index contributed by atoms with van der Waals surface area (Å²) in [5.74, 6) is -1.78. The summed E-state index contributed by atoms with van der Waals surface area (Å²) >= 11 is 0. The highest BCUT2D eigenvalue weighted by molar-refractivity contribution is 5.97. The van der Waals surface area contributed by atoms with Crippen molar-refractivity contribution < 1.29 is 19.5 Å². The van der Waals surface area contributed by atoms with Gasteiger partial charge in [-0.05, 0) is 35.9 Å². The highest BCUT2D eigenvalue weighted by atomic mass is 16.4. The Morgan fingerprint density at radius 2 is 1.91 bits per heavy atom. The van der Waals surface area contributed by atoms with Crippen molar-refractivity contribution in [2.24, 2.45) is 5.73 Å². The lowest BCUT2D eigenvalue weighted by Crippen LogP contribution is -2.33. The number of primary amides is 1. The predicted molar refractivity (Wildman–Crippen MR) is 117 cm³/mol. The minimum atomic E-state index is -0.935. The topological polar surface area (TPSA) is 178 Å². The van der Waals surface area contributed by atoms with E-state index in [1.165, 1.54) is 10.9 Å². The lowest BCUT2D eigenvalue weighted by atomic mass is 10.1. The van der Waals surface area contributed by atoms with E-state index >= 15 is 0 Å². The molecule has 0 saturated carbocycles. The first-order valence-electron chi connectivity index (χ1n) is 9.72. The maximum Gasteiger partial charge on any atom is 0.307 e. The number of hydrogen-bond donors (Lipinski definition) is 4. The highest BCUT2D eigenvalue weighted by Gasteiger charge is 2.12. The van der Waals surface area contributed by atoms with Gasteiger partial charge in [-0.3, -0.25) is 14.4 Å². The van der Waals surface area contributed by atoms with Gasteiger partial charge < -0.3 is 21.5 Å². The number of rotatable bonds is 8. The molecule has 5 N–H and O–H groups in total. The zero-order valence-electron chi connectivity index (χ0n) is 17.1. The Balaban J connectivity index is 1.60. The maximum absolute atomic E-state index is 12.2. The summed E-state index contributed by atoms with van der Waals surface area (Å²) in [6.45, 7) is -0.263. The number of carbonyl (C=O) groups is 3. The molecule has 0 aliphatic carbocycles. The van der Waals surface area contributed by atoms with Crippen LogP contribution in [0.15, 0.2) is 54.7 Å². The summed E-state index contributed by atoms with van der Waals surface area (Å²) in [4.78, 5) is 42.7. The molecule has 0 aliphatic heterocycles. The van der Waals surface area contributed by atoms with Gasteiger partial charge in [0.25, 0.3) is 5.91 Å². The second kappa shape index (κ2) is 9.09. The van der Waals surface area contributed by atoms with Crippen LogP contribution in [0.1, 0.15) is 15.9 Å². The number of benzene rings is 2. The van der Waals surface area contributed by atoms with Crippen LogP contribution in [0, 0.1) is 0 Å². The molecule has 2 heterocycles. The summed E-state index contributed by atoms with van der Waals surface area (Å²) in [6.07, 6.45) is 1.38. The first-order chi connectivity index (χ1) is 15.9. The van der Waals surface area contributed by atoms with Gasteiger partial charge in [0.1, 0.15) is 0 Å². The monoisotopic (exact) mass is 446 g/mol. The number of carbonyl (C=O) groups excluding carboxylic acids is 2. The van der Waals surface area contributed by atoms with Crippen LogP contribution in [0.25, 0.3) is 16.9 Å². The van der Waals surface area contributed by atoms with Crippen LogP contribution in [0.3, 0.4) is 0 Å². The number of amides is 2. The molecule has 2 amide bonds. The summed E-state index contributed by atoms with van der Waals surface area (Å²) < 4.78 is 1.49. The van der Waals surface area contributed by atoms with Crippen LogP contribution >= 0.6 is 0 Å². The lowest BCUT2D eigenvalue weighted by Gasteiger charge is -2.08. The van der Waals surface area contributed by atoms with Gasteiger partial charge >= 0.3 is 5.97 Å². The number of anilines is 2. The molecular weight excluding hydrogens is 428 g/mol. The highest BCUT2D eigenvalue weighted by Crippen LogP contribution is 2.19. The molecule has 2 aromatic carbocycles. The molecule has 0 bridgehead atoms. The van der Waals surface area contributed by atoms with Crippen molar-refractivity contribution in [3.8, 4) is 5.69 Å². The van der Waals surface area contributed by atoms with Gasteiger partial charge in [0.05, 0.1) is 24.8 Å². The molecule has 4 rings (SSSR count). The van der Waals surface area contributed by atoms with Crippen molar-refractivity contribution >= 4 is 40.6 Å². The zero-order chi connectivity index (χ0) is 23.4. The molecule has 12 heteroatoms. The molecule has 166 valence electrons. The van der Waals surface area contributed by atoms with Gasteiger partial charge in [-0.15, -0.1) is 5.10 Å². The number of aliphatic carboxylic acids is 1. The zero-order valence-corrected chi connectivity index (χ0v) is 17.1. The van der Waals surface area contributed by atoms with E-state index in [4.69, 9.17) is 10.8 Å². The van der Waals surface area contributed by atoms with Crippen LogP contribution in [-0.2, 0) is 16.0 Å². The van der Waals surface area contributed by atoms with Gasteiger partial charge in [-0.25, -0.2) is 4.98 Å². The van der Waals surface area contributed by atoms with Crippen LogP contribution < -0.4 is 16.4 Å². The molecule has 0 radical (unpaired) electrons. The van der Waals surface area contributed by atoms with Crippen LogP contribution in [0.4, 0.5) is 11.6 Å². The first kappa shape index (κ1) is 21.4. The molecule has 12 nitrogen and oxygen atoms in total. The fraction of sp³-hybridized carbons (Fsp3) is 0.0952. The number of aromatic nitrogens is 5. The van der Waals surface area contributed by atoms with Gasteiger partial charge in [0, 0.05) is 11.3 Å². The lowest BCUT2D eigenvalue weighted by molar-refractivity contribution is -0.136. The Bertz CT molecular complexity index is 1370. The number of nitrogens with zero attached hydrogens (tertiary/aromatic N) is 5. The van der Waals surface area contributed by atoms with E-state index in [-0.39, 0.29) is 18.9 Å². The van der Waals surface area contributed by atoms with Crippen molar-refractivity contribution in [1.82, 2.24) is 30.3 Å². The fourth-order valence-corrected chi connectivity index (χ4v) is 3.07. The van der Waals surface area contributed by atoms with Crippen molar-refractivity contribution in [2.75, 3.05) is 11.9 Å². The molecule has 4 aromatic rings. The third-order valence-corrected chi connectivity index (χ3v) is 4.51. The fourth-order valence-electron chi connectivity index (χ4n) is 3.07. The van der Waals surface area contributed by atoms with E-state index in [0.29, 0.717) is 33.7 Å². The summed E-state index contributed by atoms with van der Waals surface area (Å²) in [7, 11) is 0. The second-order valence-corrected chi connectivity index (χ2v) is 7.00. The molecule has 0 atom stereocenters. The molecule has 0 aliphatic rings. The quantitative estimate of drug-likeness (QED) is 0.304. The molecule has 0 saturated heterocycles. The minimum Gasteiger partial charge on any atom is -0.481 e. The largest absolute Gasteiger partial charge is 0.481 e. The van der Waals surface area contributed by atoms with Crippen LogP contribution in [0.5, 0.6) is 0 Å². The van der Waals surface area contributed by atoms with Gasteiger partial charge in [0.15, 0.2) is 11.2 Å². The molecule has 0 fully saturated rings. The van der Waals surface area contributed by atoms with E-state index in [0.717, 1.165) is 0 Å². The standard InChI is InChI=1S/C21H18N8O4/c22-17(30)11-23-20(33)13-4-2-5-14(9-13)25-21-24-10-16-19(26-21)29(28-27-16)15-6-1-3-12(7-15)8-18(31)32/h1-7,9-10H,8,11H2,(H2,22,30)(H,23,33)(H,31,32)(H,24,25,26). The third-order valence-electron chi connectivity index (χ3n) is 4.51. The Hall–Kier alpha value is -4.87. The number of hydrogen-bond acceptors (Lipinski definition) is 8. The SMILES string of the molecule is NC(=O)CNC(=O)c1cccc(Nc2ncc3nnn(-c4cccc(CC(=O)O)c4)c3n2)c1. The molecule has 2 aromatic heterocycles.